The van der Waals surface area contributed by atoms with Crippen molar-refractivity contribution in [3.8, 4) is 11.6 Å². The van der Waals surface area contributed by atoms with Crippen LogP contribution in [-0.2, 0) is 0 Å². The number of anilines is 1. The van der Waals surface area contributed by atoms with Crippen LogP contribution in [-0.4, -0.2) is 26.9 Å². The van der Waals surface area contributed by atoms with Crippen molar-refractivity contribution >= 4 is 46.5 Å². The zero-order valence-electron chi connectivity index (χ0n) is 14.8. The normalized spacial score (nSPS) is 10.3. The van der Waals surface area contributed by atoms with Gasteiger partial charge in [-0.3, -0.25) is 14.9 Å². The number of nitro groups is 1. The highest BCUT2D eigenvalue weighted by Crippen LogP contribution is 2.28. The van der Waals surface area contributed by atoms with Gasteiger partial charge in [-0.1, -0.05) is 23.2 Å². The highest BCUT2D eigenvalue weighted by Gasteiger charge is 2.17. The van der Waals surface area contributed by atoms with Crippen LogP contribution < -0.4 is 10.1 Å². The Balaban J connectivity index is 1.83. The van der Waals surface area contributed by atoms with Crippen molar-refractivity contribution in [2.75, 3.05) is 5.32 Å². The summed E-state index contributed by atoms with van der Waals surface area (Å²) in [5.41, 5.74) is -0.323. The number of nitrogens with zero attached hydrogens (tertiary/aromatic N) is 2. The molecule has 1 heterocycles. The van der Waals surface area contributed by atoms with Gasteiger partial charge in [-0.2, -0.15) is 0 Å². The summed E-state index contributed by atoms with van der Waals surface area (Å²) in [4.78, 5) is 37.9. The van der Waals surface area contributed by atoms with Crippen LogP contribution in [0.1, 0.15) is 20.7 Å². The molecule has 0 spiro atoms. The molecular formula is C19H11Cl2N3O6. The number of ether oxygens (including phenoxy) is 1. The monoisotopic (exact) mass is 447 g/mol. The molecule has 0 radical (unpaired) electrons. The van der Waals surface area contributed by atoms with E-state index in [0.717, 1.165) is 6.20 Å². The summed E-state index contributed by atoms with van der Waals surface area (Å²) >= 11 is 11.8. The van der Waals surface area contributed by atoms with E-state index in [1.165, 1.54) is 48.5 Å². The molecule has 30 heavy (non-hydrogen) atoms. The van der Waals surface area contributed by atoms with Crippen LogP contribution in [0.4, 0.5) is 11.4 Å². The van der Waals surface area contributed by atoms with Gasteiger partial charge in [0.15, 0.2) is 0 Å². The van der Waals surface area contributed by atoms with Gasteiger partial charge in [-0.15, -0.1) is 0 Å². The number of halogens is 2. The highest BCUT2D eigenvalue weighted by atomic mass is 35.5. The standard InChI is InChI=1S/C19H11Cl2N3O6/c20-10-1-4-13(15(21)7-10)18(25)23-16-5-3-12(8-14(16)19(26)27)30-17-6-2-11(9-22-17)24(28)29/h1-9H,(H,23,25)(H,26,27). The lowest BCUT2D eigenvalue weighted by Gasteiger charge is -2.12. The van der Waals surface area contributed by atoms with Crippen molar-refractivity contribution in [3.63, 3.8) is 0 Å². The van der Waals surface area contributed by atoms with Crippen molar-refractivity contribution in [3.05, 3.63) is 86.0 Å². The van der Waals surface area contributed by atoms with Crippen LogP contribution in [0.15, 0.2) is 54.7 Å². The smallest absolute Gasteiger partial charge is 0.337 e. The molecule has 9 nitrogen and oxygen atoms in total. The van der Waals surface area contributed by atoms with E-state index < -0.39 is 16.8 Å². The van der Waals surface area contributed by atoms with Crippen molar-refractivity contribution in [1.29, 1.82) is 0 Å². The van der Waals surface area contributed by atoms with Crippen LogP contribution in [0.5, 0.6) is 11.6 Å². The second-order valence-corrected chi connectivity index (χ2v) is 6.65. The Morgan fingerprint density at radius 3 is 2.43 bits per heavy atom. The maximum Gasteiger partial charge on any atom is 0.337 e. The number of amides is 1. The number of aromatic carboxylic acids is 1. The Labute approximate surface area is 179 Å². The van der Waals surface area contributed by atoms with Gasteiger partial charge in [-0.05, 0) is 36.4 Å². The van der Waals surface area contributed by atoms with Crippen LogP contribution in [0, 0.1) is 10.1 Å². The maximum atomic E-state index is 12.5. The van der Waals surface area contributed by atoms with Gasteiger partial charge in [0.05, 0.1) is 26.8 Å². The second kappa shape index (κ2) is 8.76. The first-order valence-electron chi connectivity index (χ1n) is 8.16. The summed E-state index contributed by atoms with van der Waals surface area (Å²) in [6, 6.07) is 10.7. The first-order valence-corrected chi connectivity index (χ1v) is 8.92. The minimum absolute atomic E-state index is 0.0162. The number of carboxylic acid groups (broad SMARTS) is 1. The van der Waals surface area contributed by atoms with Crippen molar-refractivity contribution in [1.82, 2.24) is 4.98 Å². The Bertz CT molecular complexity index is 1150. The number of carboxylic acids is 1. The summed E-state index contributed by atoms with van der Waals surface area (Å²) in [7, 11) is 0. The minimum atomic E-state index is -1.31. The van der Waals surface area contributed by atoms with E-state index in [9.17, 15) is 24.8 Å². The topological polar surface area (TPSA) is 132 Å². The molecule has 3 aromatic rings. The Morgan fingerprint density at radius 2 is 1.83 bits per heavy atom. The zero-order valence-corrected chi connectivity index (χ0v) is 16.3. The molecule has 1 aromatic heterocycles. The molecule has 0 atom stereocenters. The van der Waals surface area contributed by atoms with E-state index in [0.29, 0.717) is 5.02 Å². The number of nitrogens with one attached hydrogen (secondary N) is 1. The summed E-state index contributed by atoms with van der Waals surface area (Å²) in [6.07, 6.45) is 1.01. The number of carbonyl (C=O) groups is 2. The van der Waals surface area contributed by atoms with Crippen LogP contribution >= 0.6 is 23.2 Å². The van der Waals surface area contributed by atoms with Crippen LogP contribution in [0.25, 0.3) is 0 Å². The number of hydrogen-bond donors (Lipinski definition) is 2. The third kappa shape index (κ3) is 4.83. The van der Waals surface area contributed by atoms with Gasteiger partial charge < -0.3 is 15.2 Å². The SMILES string of the molecule is O=C(Nc1ccc(Oc2ccc([N+](=O)[O-])cn2)cc1C(=O)O)c1ccc(Cl)cc1Cl. The molecule has 0 aliphatic rings. The van der Waals surface area contributed by atoms with Crippen LogP contribution in [0.3, 0.4) is 0 Å². The third-order valence-electron chi connectivity index (χ3n) is 3.80. The van der Waals surface area contributed by atoms with E-state index in [-0.39, 0.29) is 39.2 Å². The average Bonchev–Trinajstić information content (AvgIpc) is 2.69. The first kappa shape index (κ1) is 21.0. The summed E-state index contributed by atoms with van der Waals surface area (Å²) in [5.74, 6) is -1.79. The lowest BCUT2D eigenvalue weighted by Crippen LogP contribution is -2.15. The molecule has 0 fully saturated rings. The van der Waals surface area contributed by atoms with Gasteiger partial charge >= 0.3 is 5.97 Å². The number of benzene rings is 2. The molecule has 0 aliphatic carbocycles. The summed E-state index contributed by atoms with van der Waals surface area (Å²) < 4.78 is 5.44. The predicted molar refractivity (Wildman–Crippen MR) is 109 cm³/mol. The molecule has 2 N–H and O–H groups in total. The number of rotatable bonds is 6. The molecule has 152 valence electrons. The molecule has 0 bridgehead atoms. The van der Waals surface area contributed by atoms with Crippen LogP contribution in [0.2, 0.25) is 10.0 Å². The van der Waals surface area contributed by atoms with Crippen molar-refractivity contribution in [2.24, 2.45) is 0 Å². The summed E-state index contributed by atoms with van der Waals surface area (Å²) in [5, 5.41) is 23.1. The summed E-state index contributed by atoms with van der Waals surface area (Å²) in [6.45, 7) is 0. The number of carbonyl (C=O) groups excluding carboxylic acids is 1. The van der Waals surface area contributed by atoms with Gasteiger partial charge in [0.25, 0.3) is 11.6 Å². The fraction of sp³-hybridized carbons (Fsp3) is 0. The number of hydrogen-bond acceptors (Lipinski definition) is 6. The Morgan fingerprint density at radius 1 is 1.07 bits per heavy atom. The molecule has 0 unspecified atom stereocenters. The quantitative estimate of drug-likeness (QED) is 0.399. The highest BCUT2D eigenvalue weighted by molar-refractivity contribution is 6.37. The Kier molecular flexibility index (Phi) is 6.14. The second-order valence-electron chi connectivity index (χ2n) is 5.80. The Hall–Kier alpha value is -3.69. The van der Waals surface area contributed by atoms with Crippen molar-refractivity contribution in [2.45, 2.75) is 0 Å². The van der Waals surface area contributed by atoms with E-state index >= 15 is 0 Å². The molecule has 0 aliphatic heterocycles. The molecule has 11 heteroatoms. The van der Waals surface area contributed by atoms with Gasteiger partial charge in [0, 0.05) is 17.2 Å². The minimum Gasteiger partial charge on any atom is -0.478 e. The average molecular weight is 448 g/mol. The zero-order chi connectivity index (χ0) is 21.8. The molecule has 0 saturated carbocycles. The largest absolute Gasteiger partial charge is 0.478 e. The van der Waals surface area contributed by atoms with E-state index in [2.05, 4.69) is 10.3 Å². The number of pyridine rings is 1. The third-order valence-corrected chi connectivity index (χ3v) is 4.35. The lowest BCUT2D eigenvalue weighted by atomic mass is 10.1. The molecule has 3 rings (SSSR count). The number of aromatic nitrogens is 1. The van der Waals surface area contributed by atoms with Gasteiger partial charge in [-0.25, -0.2) is 9.78 Å². The molecular weight excluding hydrogens is 437 g/mol. The van der Waals surface area contributed by atoms with Gasteiger partial charge in [0.1, 0.15) is 11.9 Å². The molecule has 1 amide bonds. The van der Waals surface area contributed by atoms with E-state index in [1.54, 1.807) is 0 Å². The predicted octanol–water partition coefficient (Wildman–Crippen LogP) is 5.04. The maximum absolute atomic E-state index is 12.5. The van der Waals surface area contributed by atoms with Gasteiger partial charge in [0.2, 0.25) is 5.88 Å². The van der Waals surface area contributed by atoms with Crippen molar-refractivity contribution < 1.29 is 24.4 Å². The lowest BCUT2D eigenvalue weighted by molar-refractivity contribution is -0.385. The first-order chi connectivity index (χ1) is 14.2. The molecule has 0 saturated heterocycles. The van der Waals surface area contributed by atoms with E-state index in [4.69, 9.17) is 27.9 Å². The fourth-order valence-electron chi connectivity index (χ4n) is 2.40. The molecule has 2 aromatic carbocycles. The fourth-order valence-corrected chi connectivity index (χ4v) is 2.89. The van der Waals surface area contributed by atoms with E-state index in [1.807, 2.05) is 0 Å².